The van der Waals surface area contributed by atoms with Crippen LogP contribution >= 0.6 is 0 Å². The van der Waals surface area contributed by atoms with E-state index >= 15 is 0 Å². The van der Waals surface area contributed by atoms with Gasteiger partial charge in [-0.15, -0.1) is 0 Å². The number of hydrogen-bond donors (Lipinski definition) is 2. The number of carbonyl (C=O) groups excluding carboxylic acids is 2. The highest BCUT2D eigenvalue weighted by Gasteiger charge is 2.10. The molecule has 11 heavy (non-hydrogen) atoms. The zero-order chi connectivity index (χ0) is 8.69. The molecule has 0 aliphatic rings. The number of nitrogens with one attached hydrogen (secondary N) is 2. The summed E-state index contributed by atoms with van der Waals surface area (Å²) in [5.41, 5.74) is 0. The highest BCUT2D eigenvalue weighted by atomic mass is 16.2. The van der Waals surface area contributed by atoms with Gasteiger partial charge in [0, 0.05) is 11.4 Å². The first-order valence-electron chi connectivity index (χ1n) is 3.16. The monoisotopic (exact) mass is 156 g/mol. The lowest BCUT2D eigenvalue weighted by molar-refractivity contribution is -0.113. The topological polar surface area (TPSA) is 62.6 Å². The molecule has 0 aromatic carbocycles. The van der Waals surface area contributed by atoms with Gasteiger partial charge in [0.05, 0.1) is 0 Å². The smallest absolute Gasteiger partial charge is 0.338 e. The lowest BCUT2D eigenvalue weighted by Gasteiger charge is -1.98. The molecule has 0 rings (SSSR count). The van der Waals surface area contributed by atoms with E-state index in [-0.39, 0.29) is 6.54 Å². The second kappa shape index (κ2) is 5.23. The van der Waals surface area contributed by atoms with Crippen molar-refractivity contribution in [1.29, 1.82) is 0 Å². The van der Waals surface area contributed by atoms with E-state index in [2.05, 4.69) is 22.1 Å². The fraction of sp³-hybridized carbons (Fsp3) is 0.500. The van der Waals surface area contributed by atoms with Gasteiger partial charge in [-0.25, -0.2) is 4.79 Å². The van der Waals surface area contributed by atoms with Crippen LogP contribution in [0, 0.1) is 6.57 Å². The molecule has 0 aliphatic heterocycles. The summed E-state index contributed by atoms with van der Waals surface area (Å²) in [6.45, 7) is 6.76. The van der Waals surface area contributed by atoms with Gasteiger partial charge in [-0.05, 0) is 6.92 Å². The van der Waals surface area contributed by atoms with E-state index in [1.807, 2.05) is 0 Å². The zero-order valence-electron chi connectivity index (χ0n) is 6.26. The van der Waals surface area contributed by atoms with Crippen molar-refractivity contribution in [2.75, 3.05) is 13.1 Å². The number of nitrogens with zero attached hydrogens (tertiary/aromatic N) is 1. The van der Waals surface area contributed by atoms with Crippen molar-refractivity contribution in [3.63, 3.8) is 0 Å². The Balaban J connectivity index is 3.48. The molecule has 0 atom stereocenters. The third-order valence-electron chi connectivity index (χ3n) is 0.881. The molecule has 0 heterocycles. The van der Waals surface area contributed by atoms with Crippen molar-refractivity contribution in [2.24, 2.45) is 0 Å². The molecule has 60 valence electrons. The van der Waals surface area contributed by atoms with Crippen LogP contribution in [0.15, 0.2) is 0 Å². The molecular weight excluding hydrogens is 146 g/mol. The Morgan fingerprint density at radius 2 is 2.09 bits per heavy atom. The number of carbonyl (C=O) groups is 2. The van der Waals surface area contributed by atoms with Gasteiger partial charge < -0.3 is 10.6 Å². The lowest BCUT2D eigenvalue weighted by Crippen LogP contribution is -2.37. The van der Waals surface area contributed by atoms with Gasteiger partial charge >= 0.3 is 11.9 Å². The van der Waals surface area contributed by atoms with Crippen molar-refractivity contribution in [3.8, 4) is 6.57 Å². The molecule has 0 unspecified atom stereocenters. The predicted octanol–water partition coefficient (Wildman–Crippen LogP) is -0.205. The molecule has 2 N–H and O–H groups in total. The molecule has 0 bridgehead atoms. The summed E-state index contributed by atoms with van der Waals surface area (Å²) >= 11 is 0. The zero-order valence-corrected chi connectivity index (χ0v) is 6.26. The molecule has 3 amide bonds. The summed E-state index contributed by atoms with van der Waals surface area (Å²) < 4.78 is 0. The van der Waals surface area contributed by atoms with E-state index in [0.29, 0.717) is 6.54 Å². The molecule has 0 aromatic heterocycles. The maximum atomic E-state index is 10.6. The van der Waals surface area contributed by atoms with Crippen LogP contribution in [0.1, 0.15) is 6.92 Å². The van der Waals surface area contributed by atoms with E-state index in [1.165, 1.54) is 0 Å². The van der Waals surface area contributed by atoms with Gasteiger partial charge in [-0.3, -0.25) is 0 Å². The molecule has 0 saturated heterocycles. The van der Waals surface area contributed by atoms with Crippen molar-refractivity contribution in [3.05, 3.63) is 4.85 Å². The van der Waals surface area contributed by atoms with Crippen LogP contribution < -0.4 is 10.6 Å². The number of hydrogen-bond acceptors (Lipinski definition) is 2. The van der Waals surface area contributed by atoms with Crippen molar-refractivity contribution < 1.29 is 9.59 Å². The summed E-state index contributed by atoms with van der Waals surface area (Å²) in [7, 11) is 0. The largest absolute Gasteiger partial charge is 0.533 e. The standard InChI is InChI=1S/C6H9N3O2/c1-3-8-6(11)9-4-5(10)7-2/h2H,3-4H2,1H3,(H-,8,9,11)/p+1. The summed E-state index contributed by atoms with van der Waals surface area (Å²) in [4.78, 5) is 23.8. The maximum Gasteiger partial charge on any atom is 0.533 e. The van der Waals surface area contributed by atoms with Gasteiger partial charge in [-0.1, -0.05) is 0 Å². The Hall–Kier alpha value is -1.57. The molecule has 0 saturated carbocycles. The minimum absolute atomic E-state index is 0.164. The summed E-state index contributed by atoms with van der Waals surface area (Å²) in [5, 5.41) is 4.70. The Kier molecular flexibility index (Phi) is 4.49. The summed E-state index contributed by atoms with van der Waals surface area (Å²) in [5.74, 6) is -0.559. The minimum Gasteiger partial charge on any atom is -0.338 e. The van der Waals surface area contributed by atoms with Crippen LogP contribution in [0.25, 0.3) is 4.85 Å². The van der Waals surface area contributed by atoms with Gasteiger partial charge in [0.1, 0.15) is 0 Å². The number of rotatable bonds is 3. The fourth-order valence-corrected chi connectivity index (χ4v) is 0.425. The second-order valence-electron chi connectivity index (χ2n) is 1.74. The molecule has 0 radical (unpaired) electrons. The Morgan fingerprint density at radius 1 is 1.45 bits per heavy atom. The van der Waals surface area contributed by atoms with Gasteiger partial charge in [0.15, 0.2) is 6.54 Å². The Bertz CT molecular complexity index is 194. The van der Waals surface area contributed by atoms with E-state index in [4.69, 9.17) is 0 Å². The molecule has 5 nitrogen and oxygen atoms in total. The third-order valence-corrected chi connectivity index (χ3v) is 0.881. The van der Waals surface area contributed by atoms with E-state index in [1.54, 1.807) is 6.92 Å². The van der Waals surface area contributed by atoms with E-state index in [0.717, 1.165) is 0 Å². The molecule has 5 heteroatoms. The van der Waals surface area contributed by atoms with Gasteiger partial charge in [-0.2, -0.15) is 4.79 Å². The molecule has 0 aromatic rings. The predicted molar refractivity (Wildman–Crippen MR) is 40.4 cm³/mol. The van der Waals surface area contributed by atoms with Crippen LogP contribution in [0.2, 0.25) is 0 Å². The molecule has 0 spiro atoms. The second-order valence-corrected chi connectivity index (χ2v) is 1.74. The first kappa shape index (κ1) is 9.43. The Labute approximate surface area is 64.6 Å². The molecule has 0 fully saturated rings. The number of urea groups is 1. The normalized spacial score (nSPS) is 8.00. The molecule has 0 aliphatic carbocycles. The molecular formula is C6H10N3O2+. The van der Waals surface area contributed by atoms with Crippen molar-refractivity contribution in [2.45, 2.75) is 6.92 Å². The fourth-order valence-electron chi connectivity index (χ4n) is 0.425. The SMILES string of the molecule is C#[N+]C(=O)CNC(=O)NCC. The van der Waals surface area contributed by atoms with Crippen LogP contribution in [-0.4, -0.2) is 25.0 Å². The van der Waals surface area contributed by atoms with E-state index < -0.39 is 11.9 Å². The highest BCUT2D eigenvalue weighted by molar-refractivity contribution is 5.90. The first-order valence-corrected chi connectivity index (χ1v) is 3.16. The van der Waals surface area contributed by atoms with Crippen LogP contribution in [0.4, 0.5) is 4.79 Å². The summed E-state index contributed by atoms with van der Waals surface area (Å²) in [6, 6.07) is -0.399. The quantitative estimate of drug-likeness (QED) is 0.594. The van der Waals surface area contributed by atoms with Crippen LogP contribution in [0.5, 0.6) is 0 Å². The van der Waals surface area contributed by atoms with Crippen LogP contribution in [0.3, 0.4) is 0 Å². The first-order chi connectivity index (χ1) is 5.20. The van der Waals surface area contributed by atoms with Crippen molar-refractivity contribution >= 4 is 11.9 Å². The summed E-state index contributed by atoms with van der Waals surface area (Å²) in [6.07, 6.45) is 0. The Morgan fingerprint density at radius 3 is 2.55 bits per heavy atom. The number of amides is 3. The average Bonchev–Trinajstić information content (AvgIpc) is 2.01. The van der Waals surface area contributed by atoms with Gasteiger partial charge in [0.2, 0.25) is 0 Å². The highest BCUT2D eigenvalue weighted by Crippen LogP contribution is 1.70. The average molecular weight is 156 g/mol. The lowest BCUT2D eigenvalue weighted by atomic mass is 10.6. The van der Waals surface area contributed by atoms with Crippen molar-refractivity contribution in [1.82, 2.24) is 10.6 Å². The minimum atomic E-state index is -0.559. The van der Waals surface area contributed by atoms with Gasteiger partial charge in [0.25, 0.3) is 6.57 Å². The van der Waals surface area contributed by atoms with E-state index in [9.17, 15) is 9.59 Å². The maximum absolute atomic E-state index is 10.6. The van der Waals surface area contributed by atoms with Crippen LogP contribution in [-0.2, 0) is 4.79 Å². The third kappa shape index (κ3) is 4.90.